The molecule has 112 valence electrons. The zero-order valence-corrected chi connectivity index (χ0v) is 11.5. The van der Waals surface area contributed by atoms with Crippen LogP contribution in [0, 0.1) is 0 Å². The molecule has 0 fully saturated rings. The van der Waals surface area contributed by atoms with E-state index in [1.54, 1.807) is 6.92 Å². The predicted molar refractivity (Wildman–Crippen MR) is 68.8 cm³/mol. The highest BCUT2D eigenvalue weighted by molar-refractivity contribution is 5.86. The number of halogens is 3. The lowest BCUT2D eigenvalue weighted by molar-refractivity contribution is -0.139. The second kappa shape index (κ2) is 9.87. The van der Waals surface area contributed by atoms with Crippen LogP contribution in [0.4, 0.5) is 13.2 Å². The fraction of sp³-hybridized carbons (Fsp3) is 0.786. The fourth-order valence-electron chi connectivity index (χ4n) is 1.60. The van der Waals surface area contributed by atoms with Crippen molar-refractivity contribution in [3.63, 3.8) is 0 Å². The van der Waals surface area contributed by atoms with Crippen molar-refractivity contribution in [1.82, 2.24) is 0 Å². The van der Waals surface area contributed by atoms with Crippen LogP contribution in [0.15, 0.2) is 12.2 Å². The largest absolute Gasteiger partial charge is 0.462 e. The lowest BCUT2D eigenvalue weighted by Gasteiger charge is -2.06. The Morgan fingerprint density at radius 1 is 1.00 bits per heavy atom. The molecule has 0 heterocycles. The quantitative estimate of drug-likeness (QED) is 0.327. The summed E-state index contributed by atoms with van der Waals surface area (Å²) in [4.78, 5) is 11.0. The first-order chi connectivity index (χ1) is 8.83. The number of carbonyl (C=O) groups is 1. The summed E-state index contributed by atoms with van der Waals surface area (Å²) in [6.07, 6.45) is 0.621. The average Bonchev–Trinajstić information content (AvgIpc) is 2.29. The van der Waals surface area contributed by atoms with Gasteiger partial charge in [-0.1, -0.05) is 38.7 Å². The maximum Gasteiger partial charge on any atom is 0.389 e. The minimum atomic E-state index is -4.02. The number of esters is 1. The molecule has 5 heteroatoms. The number of carbonyl (C=O) groups excluding carboxylic acids is 1. The number of alkyl halides is 3. The van der Waals surface area contributed by atoms with E-state index in [0.29, 0.717) is 18.6 Å². The Morgan fingerprint density at radius 2 is 1.47 bits per heavy atom. The van der Waals surface area contributed by atoms with E-state index < -0.39 is 12.6 Å². The van der Waals surface area contributed by atoms with Gasteiger partial charge in [-0.05, 0) is 19.8 Å². The zero-order valence-electron chi connectivity index (χ0n) is 11.5. The monoisotopic (exact) mass is 280 g/mol. The Morgan fingerprint density at radius 3 is 1.95 bits per heavy atom. The minimum absolute atomic E-state index is 0.222. The van der Waals surface area contributed by atoms with Crippen LogP contribution in [-0.2, 0) is 9.53 Å². The van der Waals surface area contributed by atoms with E-state index in [2.05, 4.69) is 6.58 Å². The van der Waals surface area contributed by atoms with Gasteiger partial charge in [-0.25, -0.2) is 4.79 Å². The van der Waals surface area contributed by atoms with E-state index in [0.717, 1.165) is 32.1 Å². The summed E-state index contributed by atoms with van der Waals surface area (Å²) in [5, 5.41) is 0. The van der Waals surface area contributed by atoms with E-state index in [4.69, 9.17) is 4.74 Å². The van der Waals surface area contributed by atoms with E-state index in [1.807, 2.05) is 0 Å². The molecule has 0 amide bonds. The van der Waals surface area contributed by atoms with Crippen molar-refractivity contribution >= 4 is 5.97 Å². The maximum absolute atomic E-state index is 11.8. The number of unbranched alkanes of at least 4 members (excludes halogenated alkanes) is 6. The maximum atomic E-state index is 11.8. The molecular formula is C14H23F3O2. The van der Waals surface area contributed by atoms with Gasteiger partial charge in [0, 0.05) is 12.0 Å². The molecule has 0 atom stereocenters. The number of hydrogen-bond acceptors (Lipinski definition) is 2. The molecule has 0 spiro atoms. The number of rotatable bonds is 10. The molecule has 0 N–H and O–H groups in total. The van der Waals surface area contributed by atoms with Crippen LogP contribution < -0.4 is 0 Å². The van der Waals surface area contributed by atoms with Crippen LogP contribution in [0.5, 0.6) is 0 Å². The number of hydrogen-bond donors (Lipinski definition) is 0. The van der Waals surface area contributed by atoms with Gasteiger partial charge >= 0.3 is 12.1 Å². The third kappa shape index (κ3) is 13.2. The first kappa shape index (κ1) is 18.0. The van der Waals surface area contributed by atoms with Gasteiger partial charge in [0.15, 0.2) is 0 Å². The summed E-state index contributed by atoms with van der Waals surface area (Å²) in [6, 6.07) is 0. The van der Waals surface area contributed by atoms with Crippen molar-refractivity contribution in [3.05, 3.63) is 12.2 Å². The standard InChI is InChI=1S/C14H23F3O2/c1-12(2)13(18)19-11-9-7-5-3-4-6-8-10-14(15,16)17/h1,3-11H2,2H3. The summed E-state index contributed by atoms with van der Waals surface area (Å²) in [5.41, 5.74) is 0.393. The van der Waals surface area contributed by atoms with Crippen LogP contribution in [-0.4, -0.2) is 18.8 Å². The van der Waals surface area contributed by atoms with Crippen LogP contribution in [0.1, 0.15) is 58.3 Å². The molecule has 0 aromatic carbocycles. The number of ether oxygens (including phenoxy) is 1. The van der Waals surface area contributed by atoms with Gasteiger partial charge in [0.2, 0.25) is 0 Å². The molecule has 0 bridgehead atoms. The molecule has 0 aliphatic carbocycles. The summed E-state index contributed by atoms with van der Waals surface area (Å²) in [7, 11) is 0. The van der Waals surface area contributed by atoms with E-state index in [9.17, 15) is 18.0 Å². The highest BCUT2D eigenvalue weighted by Crippen LogP contribution is 2.23. The Labute approximate surface area is 113 Å². The van der Waals surface area contributed by atoms with Gasteiger partial charge in [0.1, 0.15) is 0 Å². The normalized spacial score (nSPS) is 11.4. The van der Waals surface area contributed by atoms with E-state index >= 15 is 0 Å². The third-order valence-electron chi connectivity index (χ3n) is 2.69. The van der Waals surface area contributed by atoms with Crippen LogP contribution in [0.25, 0.3) is 0 Å². The van der Waals surface area contributed by atoms with Crippen LogP contribution >= 0.6 is 0 Å². The van der Waals surface area contributed by atoms with Crippen LogP contribution in [0.3, 0.4) is 0 Å². The first-order valence-corrected chi connectivity index (χ1v) is 6.72. The SMILES string of the molecule is C=C(C)C(=O)OCCCCCCCCCC(F)(F)F. The Bertz CT molecular complexity index is 272. The second-order valence-electron chi connectivity index (χ2n) is 4.76. The molecular weight excluding hydrogens is 257 g/mol. The summed E-state index contributed by atoms with van der Waals surface area (Å²) in [5.74, 6) is -0.368. The van der Waals surface area contributed by atoms with Crippen molar-refractivity contribution in [2.75, 3.05) is 6.61 Å². The Kier molecular flexibility index (Phi) is 9.35. The molecule has 0 aromatic heterocycles. The predicted octanol–water partition coefficient (Wildman–Crippen LogP) is 4.79. The zero-order chi connectivity index (χ0) is 14.7. The first-order valence-electron chi connectivity index (χ1n) is 6.72. The summed E-state index contributed by atoms with van der Waals surface area (Å²) >= 11 is 0. The second-order valence-corrected chi connectivity index (χ2v) is 4.76. The van der Waals surface area contributed by atoms with Crippen molar-refractivity contribution in [3.8, 4) is 0 Å². The lowest BCUT2D eigenvalue weighted by Crippen LogP contribution is -2.06. The van der Waals surface area contributed by atoms with Gasteiger partial charge in [-0.15, -0.1) is 0 Å². The van der Waals surface area contributed by atoms with Gasteiger partial charge in [-0.3, -0.25) is 0 Å². The molecule has 0 unspecified atom stereocenters. The molecule has 0 aromatic rings. The molecule has 0 radical (unpaired) electrons. The molecule has 0 aliphatic heterocycles. The lowest BCUT2D eigenvalue weighted by atomic mass is 10.1. The van der Waals surface area contributed by atoms with Crippen molar-refractivity contribution in [1.29, 1.82) is 0 Å². The molecule has 19 heavy (non-hydrogen) atoms. The Balaban J connectivity index is 3.20. The smallest absolute Gasteiger partial charge is 0.389 e. The van der Waals surface area contributed by atoms with Gasteiger partial charge in [0.05, 0.1) is 6.61 Å². The summed E-state index contributed by atoms with van der Waals surface area (Å²) in [6.45, 7) is 5.46. The van der Waals surface area contributed by atoms with E-state index in [-0.39, 0.29) is 12.4 Å². The van der Waals surface area contributed by atoms with Crippen molar-refractivity contribution in [2.45, 2.75) is 64.5 Å². The third-order valence-corrected chi connectivity index (χ3v) is 2.69. The van der Waals surface area contributed by atoms with Crippen molar-refractivity contribution < 1.29 is 22.7 Å². The molecule has 0 rings (SSSR count). The van der Waals surface area contributed by atoms with Gasteiger partial charge in [-0.2, -0.15) is 13.2 Å². The molecule has 2 nitrogen and oxygen atoms in total. The molecule has 0 saturated heterocycles. The van der Waals surface area contributed by atoms with Gasteiger partial charge < -0.3 is 4.74 Å². The van der Waals surface area contributed by atoms with Crippen LogP contribution in [0.2, 0.25) is 0 Å². The topological polar surface area (TPSA) is 26.3 Å². The fourth-order valence-corrected chi connectivity index (χ4v) is 1.60. The average molecular weight is 280 g/mol. The molecule has 0 saturated carbocycles. The highest BCUT2D eigenvalue weighted by atomic mass is 19.4. The van der Waals surface area contributed by atoms with Gasteiger partial charge in [0.25, 0.3) is 0 Å². The van der Waals surface area contributed by atoms with Crippen molar-refractivity contribution in [2.24, 2.45) is 0 Å². The highest BCUT2D eigenvalue weighted by Gasteiger charge is 2.25. The molecule has 0 aliphatic rings. The Hall–Kier alpha value is -1.00. The summed E-state index contributed by atoms with van der Waals surface area (Å²) < 4.78 is 40.5. The van der Waals surface area contributed by atoms with E-state index in [1.165, 1.54) is 0 Å². The minimum Gasteiger partial charge on any atom is -0.462 e.